The van der Waals surface area contributed by atoms with E-state index in [-0.39, 0.29) is 0 Å². The van der Waals surface area contributed by atoms with Crippen LogP contribution in [-0.4, -0.2) is 21.9 Å². The molecule has 2 aromatic heterocycles. The van der Waals surface area contributed by atoms with Gasteiger partial charge in [-0.2, -0.15) is 0 Å². The number of furan rings is 1. The highest BCUT2D eigenvalue weighted by molar-refractivity contribution is 6.02. The maximum atomic E-state index is 5.90. The average Bonchev–Trinajstić information content (AvgIpc) is 3.36. The Bertz CT molecular complexity index is 1130. The van der Waals surface area contributed by atoms with Crippen molar-refractivity contribution in [3.05, 3.63) is 84.8 Å². The van der Waals surface area contributed by atoms with Gasteiger partial charge < -0.3 is 4.42 Å². The predicted octanol–water partition coefficient (Wildman–Crippen LogP) is 5.01. The minimum Gasteiger partial charge on any atom is -0.452 e. The first-order chi connectivity index (χ1) is 12.9. The zero-order valence-electron chi connectivity index (χ0n) is 13.9. The zero-order valence-corrected chi connectivity index (χ0v) is 13.9. The Hall–Kier alpha value is -3.60. The first kappa shape index (κ1) is 14.7. The molecule has 3 heterocycles. The number of rotatable bonds is 3. The predicted molar refractivity (Wildman–Crippen MR) is 99.6 cm³/mol. The molecule has 5 rings (SSSR count). The minimum absolute atomic E-state index is 0.575. The van der Waals surface area contributed by atoms with E-state index in [9.17, 15) is 0 Å². The summed E-state index contributed by atoms with van der Waals surface area (Å²) in [6.45, 7) is 0.575. The number of pyridine rings is 1. The summed E-state index contributed by atoms with van der Waals surface area (Å²) in [6.07, 6.45) is 1.80. The van der Waals surface area contributed by atoms with E-state index < -0.39 is 0 Å². The lowest BCUT2D eigenvalue weighted by Crippen LogP contribution is -2.10. The van der Waals surface area contributed by atoms with E-state index >= 15 is 0 Å². The maximum absolute atomic E-state index is 5.90. The van der Waals surface area contributed by atoms with Crippen molar-refractivity contribution in [3.63, 3.8) is 0 Å². The molecular weight excluding hydrogens is 324 g/mol. The van der Waals surface area contributed by atoms with Crippen LogP contribution in [0.15, 0.2) is 93.7 Å². The molecule has 0 unspecified atom stereocenters. The number of nitrogens with zero attached hydrogens (tertiary/aromatic N) is 4. The van der Waals surface area contributed by atoms with Gasteiger partial charge >= 0.3 is 0 Å². The van der Waals surface area contributed by atoms with Gasteiger partial charge in [0.05, 0.1) is 10.8 Å². The second kappa shape index (κ2) is 6.04. The number of para-hydroxylation sites is 1. The highest BCUT2D eigenvalue weighted by atomic mass is 16.3. The van der Waals surface area contributed by atoms with Gasteiger partial charge in [0.25, 0.3) is 5.71 Å². The molecule has 5 nitrogen and oxygen atoms in total. The van der Waals surface area contributed by atoms with E-state index in [4.69, 9.17) is 4.42 Å². The van der Waals surface area contributed by atoms with Gasteiger partial charge in [-0.1, -0.05) is 36.4 Å². The van der Waals surface area contributed by atoms with Gasteiger partial charge in [-0.3, -0.25) is 4.98 Å². The van der Waals surface area contributed by atoms with Crippen LogP contribution in [0.4, 0.5) is 5.69 Å². The van der Waals surface area contributed by atoms with E-state index in [2.05, 4.69) is 21.4 Å². The number of hydrogen-bond donors (Lipinski definition) is 0. The molecule has 26 heavy (non-hydrogen) atoms. The van der Waals surface area contributed by atoms with Crippen molar-refractivity contribution in [1.29, 1.82) is 0 Å². The van der Waals surface area contributed by atoms with Crippen molar-refractivity contribution in [2.45, 2.75) is 0 Å². The number of fused-ring (bicyclic) bond motifs is 1. The van der Waals surface area contributed by atoms with E-state index in [1.807, 2.05) is 71.4 Å². The summed E-state index contributed by atoms with van der Waals surface area (Å²) in [7, 11) is 0. The molecule has 0 spiro atoms. The Morgan fingerprint density at radius 2 is 1.81 bits per heavy atom. The van der Waals surface area contributed by atoms with Crippen LogP contribution in [0.3, 0.4) is 0 Å². The number of benzene rings is 2. The Balaban J connectivity index is 1.42. The monoisotopic (exact) mass is 339 g/mol. The summed E-state index contributed by atoms with van der Waals surface area (Å²) in [5.41, 5.74) is 4.65. The Labute approximate surface area is 149 Å². The van der Waals surface area contributed by atoms with Crippen LogP contribution in [0.2, 0.25) is 0 Å². The SMILES string of the molecule is c1ccc(-c2cccc([N+]3=NN=C(c4cc5ccccc5o4)C3)c2)nc1. The second-order valence-electron chi connectivity index (χ2n) is 6.11. The summed E-state index contributed by atoms with van der Waals surface area (Å²) in [5.74, 6) is 0.762. The van der Waals surface area contributed by atoms with Crippen molar-refractivity contribution in [2.75, 3.05) is 6.54 Å². The van der Waals surface area contributed by atoms with Gasteiger partial charge in [-0.15, -0.1) is 4.70 Å². The molecule has 0 radical (unpaired) electrons. The van der Waals surface area contributed by atoms with Crippen LogP contribution >= 0.6 is 0 Å². The molecule has 0 aliphatic carbocycles. The molecular formula is C21H15N4O+. The smallest absolute Gasteiger partial charge is 0.266 e. The molecule has 1 aliphatic heterocycles. The highest BCUT2D eigenvalue weighted by Crippen LogP contribution is 2.26. The lowest BCUT2D eigenvalue weighted by Gasteiger charge is -2.02. The summed E-state index contributed by atoms with van der Waals surface area (Å²) in [5, 5.41) is 9.70. The fraction of sp³-hybridized carbons (Fsp3) is 0.0476. The van der Waals surface area contributed by atoms with E-state index in [1.165, 1.54) is 0 Å². The first-order valence-corrected chi connectivity index (χ1v) is 8.42. The normalized spacial score (nSPS) is 13.7. The van der Waals surface area contributed by atoms with Gasteiger partial charge in [0.1, 0.15) is 10.8 Å². The topological polar surface area (TPSA) is 53.8 Å². The quantitative estimate of drug-likeness (QED) is 0.493. The fourth-order valence-electron chi connectivity index (χ4n) is 3.07. The molecule has 0 saturated heterocycles. The molecule has 0 fully saturated rings. The third-order valence-corrected chi connectivity index (χ3v) is 4.39. The third kappa shape index (κ3) is 2.59. The molecule has 5 heteroatoms. The van der Waals surface area contributed by atoms with E-state index in [1.54, 1.807) is 6.20 Å². The van der Waals surface area contributed by atoms with Crippen molar-refractivity contribution in [2.24, 2.45) is 10.3 Å². The minimum atomic E-state index is 0.575. The van der Waals surface area contributed by atoms with Crippen molar-refractivity contribution >= 4 is 22.4 Å². The molecule has 0 amide bonds. The summed E-state index contributed by atoms with van der Waals surface area (Å²) in [4.78, 5) is 4.41. The second-order valence-corrected chi connectivity index (χ2v) is 6.11. The van der Waals surface area contributed by atoms with Gasteiger partial charge in [-0.25, -0.2) is 0 Å². The Morgan fingerprint density at radius 3 is 2.69 bits per heavy atom. The molecule has 4 aromatic rings. The molecule has 0 bridgehead atoms. The Morgan fingerprint density at radius 1 is 0.885 bits per heavy atom. The van der Waals surface area contributed by atoms with Crippen molar-refractivity contribution < 1.29 is 9.11 Å². The van der Waals surface area contributed by atoms with Crippen molar-refractivity contribution in [1.82, 2.24) is 4.98 Å². The first-order valence-electron chi connectivity index (χ1n) is 8.42. The van der Waals surface area contributed by atoms with Gasteiger partial charge in [0, 0.05) is 17.1 Å². The standard InChI is InChI=1S/C21H15N4O/c1-2-10-20-16(6-1)13-21(26-20)19-14-25(24-23-19)17-8-5-7-15(12-17)18-9-3-4-11-22-18/h1-13H,14H2/q+1. The average molecular weight is 339 g/mol. The lowest BCUT2D eigenvalue weighted by atomic mass is 10.1. The van der Waals surface area contributed by atoms with Gasteiger partial charge in [0.15, 0.2) is 18.0 Å². The van der Waals surface area contributed by atoms with Crippen LogP contribution < -0.4 is 0 Å². The van der Waals surface area contributed by atoms with E-state index in [0.29, 0.717) is 6.54 Å². The summed E-state index contributed by atoms with van der Waals surface area (Å²) < 4.78 is 7.77. The molecule has 0 atom stereocenters. The number of aromatic nitrogens is 1. The lowest BCUT2D eigenvalue weighted by molar-refractivity contribution is -0.492. The molecule has 1 aliphatic rings. The Kier molecular flexibility index (Phi) is 3.42. The summed E-state index contributed by atoms with van der Waals surface area (Å²) >= 11 is 0. The van der Waals surface area contributed by atoms with Crippen LogP contribution in [0.25, 0.3) is 22.2 Å². The molecule has 0 saturated carbocycles. The summed E-state index contributed by atoms with van der Waals surface area (Å²) in [6, 6.07) is 24.0. The number of hydrogen-bond acceptors (Lipinski definition) is 4. The van der Waals surface area contributed by atoms with Crippen LogP contribution in [0, 0.1) is 0 Å². The van der Waals surface area contributed by atoms with Gasteiger partial charge in [-0.05, 0) is 36.4 Å². The fourth-order valence-corrected chi connectivity index (χ4v) is 3.07. The molecule has 124 valence electrons. The van der Waals surface area contributed by atoms with Gasteiger partial charge in [0.2, 0.25) is 0 Å². The molecule has 0 N–H and O–H groups in total. The van der Waals surface area contributed by atoms with Crippen molar-refractivity contribution in [3.8, 4) is 11.3 Å². The largest absolute Gasteiger partial charge is 0.452 e. The van der Waals surface area contributed by atoms with Crippen LogP contribution in [0.1, 0.15) is 5.76 Å². The zero-order chi connectivity index (χ0) is 17.3. The molecule has 2 aromatic carbocycles. The maximum Gasteiger partial charge on any atom is 0.266 e. The third-order valence-electron chi connectivity index (χ3n) is 4.39. The highest BCUT2D eigenvalue weighted by Gasteiger charge is 2.26. The van der Waals surface area contributed by atoms with Crippen LogP contribution in [-0.2, 0) is 0 Å². The van der Waals surface area contributed by atoms with E-state index in [0.717, 1.165) is 39.4 Å². The van der Waals surface area contributed by atoms with Crippen LogP contribution in [0.5, 0.6) is 0 Å².